The zero-order valence-corrected chi connectivity index (χ0v) is 8.04. The molecule has 0 atom stereocenters. The Hall–Kier alpha value is -2.37. The van der Waals surface area contributed by atoms with Crippen LogP contribution in [-0.2, 0) is 4.79 Å². The Labute approximate surface area is 89.9 Å². The van der Waals surface area contributed by atoms with Crippen molar-refractivity contribution in [3.63, 3.8) is 0 Å². The second kappa shape index (κ2) is 3.65. The fraction of sp³-hybridized carbons (Fsp3) is 0.100. The van der Waals surface area contributed by atoms with E-state index in [1.54, 1.807) is 0 Å². The largest absolute Gasteiger partial charge is 0.488 e. The summed E-state index contributed by atoms with van der Waals surface area (Å²) in [6.07, 6.45) is 1.38. The highest BCUT2D eigenvalue weighted by atomic mass is 16.6. The van der Waals surface area contributed by atoms with Crippen molar-refractivity contribution < 1.29 is 19.6 Å². The molecule has 82 valence electrons. The molecule has 0 unspecified atom stereocenters. The molecule has 2 rings (SSSR count). The highest BCUT2D eigenvalue weighted by molar-refractivity contribution is 5.93. The lowest BCUT2D eigenvalue weighted by molar-refractivity contribution is -0.384. The minimum atomic E-state index is -1.09. The van der Waals surface area contributed by atoms with E-state index < -0.39 is 10.9 Å². The molecule has 0 spiro atoms. The maximum absolute atomic E-state index is 10.7. The number of non-ortho nitro benzene ring substituents is 1. The van der Waals surface area contributed by atoms with Gasteiger partial charge in [-0.2, -0.15) is 0 Å². The van der Waals surface area contributed by atoms with Crippen LogP contribution in [0.2, 0.25) is 0 Å². The summed E-state index contributed by atoms with van der Waals surface area (Å²) in [7, 11) is 0. The number of carboxylic acid groups (broad SMARTS) is 1. The molecule has 1 heterocycles. The minimum Gasteiger partial charge on any atom is -0.488 e. The maximum atomic E-state index is 10.7. The van der Waals surface area contributed by atoms with Crippen LogP contribution in [-0.4, -0.2) is 22.6 Å². The van der Waals surface area contributed by atoms with Crippen molar-refractivity contribution in [3.8, 4) is 5.75 Å². The molecule has 0 radical (unpaired) electrons. The summed E-state index contributed by atoms with van der Waals surface area (Å²) in [6.45, 7) is -0.0276. The van der Waals surface area contributed by atoms with Gasteiger partial charge in [-0.05, 0) is 12.1 Å². The molecule has 0 aliphatic carbocycles. The Morgan fingerprint density at radius 3 is 2.88 bits per heavy atom. The van der Waals surface area contributed by atoms with Crippen molar-refractivity contribution in [1.82, 2.24) is 0 Å². The molecule has 0 fully saturated rings. The fourth-order valence-electron chi connectivity index (χ4n) is 1.40. The van der Waals surface area contributed by atoms with Gasteiger partial charge >= 0.3 is 5.97 Å². The van der Waals surface area contributed by atoms with Gasteiger partial charge in [-0.25, -0.2) is 4.79 Å². The van der Waals surface area contributed by atoms with E-state index in [-0.39, 0.29) is 17.9 Å². The van der Waals surface area contributed by atoms with Gasteiger partial charge in [-0.1, -0.05) is 0 Å². The van der Waals surface area contributed by atoms with E-state index in [2.05, 4.69) is 0 Å². The van der Waals surface area contributed by atoms with Crippen LogP contribution in [0.5, 0.6) is 5.75 Å². The summed E-state index contributed by atoms with van der Waals surface area (Å²) < 4.78 is 5.16. The van der Waals surface area contributed by atoms with Gasteiger partial charge in [0, 0.05) is 17.7 Å². The molecular formula is C10H7NO5. The molecule has 1 aliphatic rings. The lowest BCUT2D eigenvalue weighted by Crippen LogP contribution is -2.14. The molecule has 1 aromatic rings. The fourth-order valence-corrected chi connectivity index (χ4v) is 1.40. The van der Waals surface area contributed by atoms with Gasteiger partial charge in [-0.15, -0.1) is 0 Å². The van der Waals surface area contributed by atoms with E-state index in [1.165, 1.54) is 24.3 Å². The topological polar surface area (TPSA) is 89.7 Å². The molecule has 0 aromatic heterocycles. The highest BCUT2D eigenvalue weighted by Gasteiger charge is 2.18. The van der Waals surface area contributed by atoms with Crippen LogP contribution < -0.4 is 4.74 Å². The van der Waals surface area contributed by atoms with Gasteiger partial charge in [0.15, 0.2) is 0 Å². The van der Waals surface area contributed by atoms with Crippen LogP contribution in [0, 0.1) is 10.1 Å². The number of hydrogen-bond donors (Lipinski definition) is 1. The van der Waals surface area contributed by atoms with Gasteiger partial charge < -0.3 is 9.84 Å². The first-order valence-electron chi connectivity index (χ1n) is 4.43. The number of nitro benzene ring substituents is 1. The molecule has 0 amide bonds. The summed E-state index contributed by atoms with van der Waals surface area (Å²) in [5, 5.41) is 19.3. The quantitative estimate of drug-likeness (QED) is 0.603. The Morgan fingerprint density at radius 2 is 2.25 bits per heavy atom. The SMILES string of the molecule is O=C(O)C1=Cc2cc([N+](=O)[O-])ccc2OC1. The molecule has 0 bridgehead atoms. The number of aliphatic carboxylic acids is 1. The first kappa shape index (κ1) is 10.2. The molecular weight excluding hydrogens is 214 g/mol. The van der Waals surface area contributed by atoms with E-state index >= 15 is 0 Å². The Bertz CT molecular complexity index is 506. The summed E-state index contributed by atoms with van der Waals surface area (Å²) in [6, 6.07) is 4.07. The van der Waals surface area contributed by atoms with Crippen LogP contribution in [0.1, 0.15) is 5.56 Å². The summed E-state index contributed by atoms with van der Waals surface area (Å²) in [5.41, 5.74) is 0.399. The third-order valence-corrected chi connectivity index (χ3v) is 2.19. The number of ether oxygens (including phenoxy) is 1. The number of nitrogens with zero attached hydrogens (tertiary/aromatic N) is 1. The van der Waals surface area contributed by atoms with Crippen LogP contribution in [0.15, 0.2) is 23.8 Å². The monoisotopic (exact) mass is 221 g/mol. The highest BCUT2D eigenvalue weighted by Crippen LogP contribution is 2.29. The Morgan fingerprint density at radius 1 is 1.50 bits per heavy atom. The van der Waals surface area contributed by atoms with Gasteiger partial charge in [-0.3, -0.25) is 10.1 Å². The lowest BCUT2D eigenvalue weighted by Gasteiger charge is -2.14. The van der Waals surface area contributed by atoms with Gasteiger partial charge in [0.05, 0.1) is 10.5 Å². The number of fused-ring (bicyclic) bond motifs is 1. The van der Waals surface area contributed by atoms with Gasteiger partial charge in [0.25, 0.3) is 5.69 Å². The maximum Gasteiger partial charge on any atom is 0.335 e. The van der Waals surface area contributed by atoms with Crippen LogP contribution in [0.4, 0.5) is 5.69 Å². The van der Waals surface area contributed by atoms with E-state index in [1.807, 2.05) is 0 Å². The Kier molecular flexibility index (Phi) is 2.32. The smallest absolute Gasteiger partial charge is 0.335 e. The van der Waals surface area contributed by atoms with E-state index in [9.17, 15) is 14.9 Å². The number of nitro groups is 1. The lowest BCUT2D eigenvalue weighted by atomic mass is 10.1. The predicted octanol–water partition coefficient (Wildman–Crippen LogP) is 1.46. The second-order valence-corrected chi connectivity index (χ2v) is 3.24. The second-order valence-electron chi connectivity index (χ2n) is 3.24. The van der Waals surface area contributed by atoms with Crippen molar-refractivity contribution in [2.24, 2.45) is 0 Å². The zero-order valence-electron chi connectivity index (χ0n) is 8.04. The number of carboxylic acids is 1. The summed E-state index contributed by atoms with van der Waals surface area (Å²) in [4.78, 5) is 20.7. The van der Waals surface area contributed by atoms with Crippen molar-refractivity contribution in [2.45, 2.75) is 0 Å². The number of benzene rings is 1. The third-order valence-electron chi connectivity index (χ3n) is 2.19. The van der Waals surface area contributed by atoms with Crippen LogP contribution >= 0.6 is 0 Å². The van der Waals surface area contributed by atoms with E-state index in [4.69, 9.17) is 9.84 Å². The average molecular weight is 221 g/mol. The normalized spacial score (nSPS) is 13.4. The number of carbonyl (C=O) groups is 1. The minimum absolute atomic E-state index is 0.0276. The van der Waals surface area contributed by atoms with Gasteiger partial charge in [0.1, 0.15) is 12.4 Å². The molecule has 0 saturated carbocycles. The molecule has 0 saturated heterocycles. The number of rotatable bonds is 2. The molecule has 6 nitrogen and oxygen atoms in total. The van der Waals surface area contributed by atoms with Crippen LogP contribution in [0.25, 0.3) is 6.08 Å². The van der Waals surface area contributed by atoms with Gasteiger partial charge in [0.2, 0.25) is 0 Å². The van der Waals surface area contributed by atoms with E-state index in [0.717, 1.165) is 0 Å². The van der Waals surface area contributed by atoms with Crippen LogP contribution in [0.3, 0.4) is 0 Å². The van der Waals surface area contributed by atoms with Crippen molar-refractivity contribution in [3.05, 3.63) is 39.4 Å². The molecule has 1 aliphatic heterocycles. The van der Waals surface area contributed by atoms with E-state index in [0.29, 0.717) is 11.3 Å². The zero-order chi connectivity index (χ0) is 11.7. The molecule has 6 heteroatoms. The first-order valence-corrected chi connectivity index (χ1v) is 4.43. The third kappa shape index (κ3) is 1.72. The molecule has 1 aromatic carbocycles. The predicted molar refractivity (Wildman–Crippen MR) is 54.2 cm³/mol. The molecule has 16 heavy (non-hydrogen) atoms. The Balaban J connectivity index is 2.47. The first-order chi connectivity index (χ1) is 7.58. The van der Waals surface area contributed by atoms with Crippen molar-refractivity contribution in [1.29, 1.82) is 0 Å². The van der Waals surface area contributed by atoms with Crippen molar-refractivity contribution in [2.75, 3.05) is 6.61 Å². The van der Waals surface area contributed by atoms with Crippen molar-refractivity contribution >= 4 is 17.7 Å². The molecule has 1 N–H and O–H groups in total. The number of hydrogen-bond acceptors (Lipinski definition) is 4. The average Bonchev–Trinajstić information content (AvgIpc) is 2.27. The summed E-state index contributed by atoms with van der Waals surface area (Å²) >= 11 is 0. The summed E-state index contributed by atoms with van der Waals surface area (Å²) in [5.74, 6) is -0.632. The standard InChI is InChI=1S/C10H7NO5/c12-10(13)7-3-6-4-8(11(14)15)1-2-9(6)16-5-7/h1-4H,5H2,(H,12,13).